The number of benzene rings is 2. The first kappa shape index (κ1) is 23.7. The topological polar surface area (TPSA) is 117 Å². The molecule has 1 aliphatic rings. The third-order valence-corrected chi connectivity index (χ3v) is 6.06. The normalized spacial score (nSPS) is 18.8. The van der Waals surface area contributed by atoms with Gasteiger partial charge in [0.05, 0.1) is 12.7 Å². The molecule has 1 fully saturated rings. The Balaban J connectivity index is 1.76. The molecule has 1 aliphatic heterocycles. The molecule has 1 amide bonds. The maximum atomic E-state index is 12.3. The number of amides is 1. The second kappa shape index (κ2) is 11.1. The fraction of sp³-hybridized carbons (Fsp3) is 0.440. The highest BCUT2D eigenvalue weighted by Gasteiger charge is 2.21. The lowest BCUT2D eigenvalue weighted by Gasteiger charge is -2.37. The molecule has 3 atom stereocenters. The van der Waals surface area contributed by atoms with Crippen molar-refractivity contribution < 1.29 is 20.1 Å². The number of fused-ring (bicyclic) bond motifs is 1. The quantitative estimate of drug-likeness (QED) is 0.372. The molecule has 2 aromatic carbocycles. The second-order valence-corrected chi connectivity index (χ2v) is 8.24. The van der Waals surface area contributed by atoms with Gasteiger partial charge in [-0.1, -0.05) is 25.1 Å². The SMILES string of the molecule is CCC1CCCCN1c1ccc2cc(/C=C(\C#N)C(=O)NCC(O)C(O)CO)ccc2c1. The third kappa shape index (κ3) is 5.65. The van der Waals surface area contributed by atoms with Crippen molar-refractivity contribution in [2.24, 2.45) is 0 Å². The van der Waals surface area contributed by atoms with Crippen LogP contribution in [0.5, 0.6) is 0 Å². The summed E-state index contributed by atoms with van der Waals surface area (Å²) < 4.78 is 0. The molecule has 170 valence electrons. The summed E-state index contributed by atoms with van der Waals surface area (Å²) in [6.45, 7) is 2.43. The van der Waals surface area contributed by atoms with Gasteiger partial charge in [0.25, 0.3) is 5.91 Å². The molecule has 4 N–H and O–H groups in total. The lowest BCUT2D eigenvalue weighted by Crippen LogP contribution is -2.40. The molecule has 3 rings (SSSR count). The van der Waals surface area contributed by atoms with Crippen LogP contribution in [0.25, 0.3) is 16.8 Å². The lowest BCUT2D eigenvalue weighted by molar-refractivity contribution is -0.118. The largest absolute Gasteiger partial charge is 0.394 e. The summed E-state index contributed by atoms with van der Waals surface area (Å²) >= 11 is 0. The minimum atomic E-state index is -1.35. The molecule has 0 radical (unpaired) electrons. The lowest BCUT2D eigenvalue weighted by atomic mass is 9.98. The minimum Gasteiger partial charge on any atom is -0.394 e. The van der Waals surface area contributed by atoms with Crippen LogP contribution in [-0.4, -0.2) is 59.2 Å². The Morgan fingerprint density at radius 2 is 1.97 bits per heavy atom. The Labute approximate surface area is 188 Å². The van der Waals surface area contributed by atoms with Gasteiger partial charge in [-0.15, -0.1) is 0 Å². The number of nitrogens with zero attached hydrogens (tertiary/aromatic N) is 2. The molecule has 32 heavy (non-hydrogen) atoms. The molecule has 7 nitrogen and oxygen atoms in total. The van der Waals surface area contributed by atoms with Gasteiger partial charge in [0.2, 0.25) is 0 Å². The minimum absolute atomic E-state index is 0.106. The van der Waals surface area contributed by atoms with E-state index in [4.69, 9.17) is 5.11 Å². The van der Waals surface area contributed by atoms with Crippen LogP contribution < -0.4 is 10.2 Å². The first-order valence-corrected chi connectivity index (χ1v) is 11.1. The van der Waals surface area contributed by atoms with Crippen LogP contribution in [0.15, 0.2) is 42.0 Å². The van der Waals surface area contributed by atoms with Crippen molar-refractivity contribution in [3.8, 4) is 6.07 Å². The highest BCUT2D eigenvalue weighted by molar-refractivity contribution is 6.02. The summed E-state index contributed by atoms with van der Waals surface area (Å²) in [6, 6.07) is 14.7. The summed E-state index contributed by atoms with van der Waals surface area (Å²) in [6.07, 6.45) is 3.69. The zero-order valence-electron chi connectivity index (χ0n) is 18.4. The van der Waals surface area contributed by atoms with Crippen molar-refractivity contribution in [3.05, 3.63) is 47.5 Å². The van der Waals surface area contributed by atoms with Crippen LogP contribution in [0.1, 0.15) is 38.2 Å². The summed E-state index contributed by atoms with van der Waals surface area (Å²) in [5, 5.41) is 41.8. The van der Waals surface area contributed by atoms with Gasteiger partial charge in [-0.05, 0) is 66.3 Å². The van der Waals surface area contributed by atoms with Crippen molar-refractivity contribution in [1.29, 1.82) is 5.26 Å². The summed E-state index contributed by atoms with van der Waals surface area (Å²) in [4.78, 5) is 14.8. The zero-order chi connectivity index (χ0) is 23.1. The molecule has 0 aliphatic carbocycles. The van der Waals surface area contributed by atoms with Gasteiger partial charge in [0.1, 0.15) is 17.7 Å². The summed E-state index contributed by atoms with van der Waals surface area (Å²) in [5.74, 6) is -0.650. The average molecular weight is 438 g/mol. The highest BCUT2D eigenvalue weighted by atomic mass is 16.4. The van der Waals surface area contributed by atoms with E-state index in [1.165, 1.54) is 31.0 Å². The third-order valence-electron chi connectivity index (χ3n) is 6.06. The smallest absolute Gasteiger partial charge is 0.262 e. The van der Waals surface area contributed by atoms with Crippen molar-refractivity contribution >= 4 is 28.4 Å². The number of anilines is 1. The van der Waals surface area contributed by atoms with E-state index < -0.39 is 24.7 Å². The number of carbonyl (C=O) groups excluding carboxylic acids is 1. The van der Waals surface area contributed by atoms with E-state index in [0.29, 0.717) is 6.04 Å². The van der Waals surface area contributed by atoms with Gasteiger partial charge in [0.15, 0.2) is 0 Å². The van der Waals surface area contributed by atoms with Crippen molar-refractivity contribution in [3.63, 3.8) is 0 Å². The number of carbonyl (C=O) groups is 1. The van der Waals surface area contributed by atoms with Crippen LogP contribution in [0.3, 0.4) is 0 Å². The predicted molar refractivity (Wildman–Crippen MR) is 125 cm³/mol. The Hall–Kier alpha value is -2.92. The van der Waals surface area contributed by atoms with Crippen molar-refractivity contribution in [1.82, 2.24) is 5.32 Å². The van der Waals surface area contributed by atoms with Gasteiger partial charge in [-0.25, -0.2) is 0 Å². The second-order valence-electron chi connectivity index (χ2n) is 8.24. The predicted octanol–water partition coefficient (Wildman–Crippen LogP) is 2.35. The number of nitrogens with one attached hydrogen (secondary N) is 1. The first-order valence-electron chi connectivity index (χ1n) is 11.1. The number of piperidine rings is 1. The fourth-order valence-electron chi connectivity index (χ4n) is 4.15. The molecule has 1 heterocycles. The van der Waals surface area contributed by atoms with E-state index in [1.807, 2.05) is 24.3 Å². The molecular weight excluding hydrogens is 406 g/mol. The van der Waals surface area contributed by atoms with Crippen LogP contribution >= 0.6 is 0 Å². The standard InChI is InChI=1S/C25H31N3O4/c1-2-21-5-3-4-10-28(21)22-9-8-18-11-17(6-7-19(18)13-22)12-20(14-26)25(32)27-15-23(30)24(31)16-29/h6-9,11-13,21,23-24,29-31H,2-5,10,15-16H2,1H3,(H,27,32)/b20-12+. The van der Waals surface area contributed by atoms with Crippen LogP contribution in [0.4, 0.5) is 5.69 Å². The maximum Gasteiger partial charge on any atom is 0.262 e. The average Bonchev–Trinajstić information content (AvgIpc) is 2.84. The monoisotopic (exact) mass is 437 g/mol. The molecule has 0 spiro atoms. The highest BCUT2D eigenvalue weighted by Crippen LogP contribution is 2.30. The van der Waals surface area contributed by atoms with Gasteiger partial charge in [0, 0.05) is 24.8 Å². The van der Waals surface area contributed by atoms with E-state index in [-0.39, 0.29) is 12.1 Å². The number of hydrogen-bond acceptors (Lipinski definition) is 6. The van der Waals surface area contributed by atoms with E-state index in [9.17, 15) is 20.3 Å². The van der Waals surface area contributed by atoms with Crippen molar-refractivity contribution in [2.45, 2.75) is 50.9 Å². The maximum absolute atomic E-state index is 12.3. The van der Waals surface area contributed by atoms with E-state index in [1.54, 1.807) is 0 Å². The molecule has 7 heteroatoms. The first-order chi connectivity index (χ1) is 15.5. The molecule has 0 aromatic heterocycles. The number of rotatable bonds is 8. The van der Waals surface area contributed by atoms with Crippen LogP contribution in [0, 0.1) is 11.3 Å². The molecule has 0 bridgehead atoms. The van der Waals surface area contributed by atoms with Gasteiger partial charge >= 0.3 is 0 Å². The fourth-order valence-corrected chi connectivity index (χ4v) is 4.15. The van der Waals surface area contributed by atoms with Gasteiger partial charge in [-0.3, -0.25) is 4.79 Å². The zero-order valence-corrected chi connectivity index (χ0v) is 18.4. The van der Waals surface area contributed by atoms with Crippen LogP contribution in [0.2, 0.25) is 0 Å². The van der Waals surface area contributed by atoms with E-state index in [0.717, 1.165) is 29.3 Å². The number of hydrogen-bond donors (Lipinski definition) is 4. The van der Waals surface area contributed by atoms with Gasteiger partial charge in [-0.2, -0.15) is 5.26 Å². The number of aliphatic hydroxyl groups is 3. The molecular formula is C25H31N3O4. The molecule has 0 saturated carbocycles. The summed E-state index contributed by atoms with van der Waals surface area (Å²) in [7, 11) is 0. The molecule has 1 saturated heterocycles. The van der Waals surface area contributed by atoms with E-state index in [2.05, 4.69) is 35.3 Å². The van der Waals surface area contributed by atoms with E-state index >= 15 is 0 Å². The molecule has 2 aromatic rings. The Morgan fingerprint density at radius 1 is 1.22 bits per heavy atom. The van der Waals surface area contributed by atoms with Crippen molar-refractivity contribution in [2.75, 3.05) is 24.6 Å². The Morgan fingerprint density at radius 3 is 2.69 bits per heavy atom. The van der Waals surface area contributed by atoms with Gasteiger partial charge < -0.3 is 25.5 Å². The number of aliphatic hydroxyl groups excluding tert-OH is 3. The Bertz CT molecular complexity index is 1010. The Kier molecular flexibility index (Phi) is 8.23. The summed E-state index contributed by atoms with van der Waals surface area (Å²) in [5.41, 5.74) is 1.84. The van der Waals surface area contributed by atoms with Crippen LogP contribution in [-0.2, 0) is 4.79 Å². The number of nitriles is 1. The molecule has 3 unspecified atom stereocenters.